The molecule has 0 amide bonds. The summed E-state index contributed by atoms with van der Waals surface area (Å²) >= 11 is 0. The van der Waals surface area contributed by atoms with Crippen molar-refractivity contribution in [1.29, 1.82) is 0 Å². The van der Waals surface area contributed by atoms with E-state index in [2.05, 4.69) is 0 Å². The number of rotatable bonds is 2. The molecule has 70 valence electrons. The van der Waals surface area contributed by atoms with Crippen LogP contribution in [0.2, 0.25) is 0 Å². The lowest BCUT2D eigenvalue weighted by molar-refractivity contribution is -0.180. The Labute approximate surface area is 73.3 Å². The fourth-order valence-electron chi connectivity index (χ4n) is 2.26. The maximum Gasteiger partial charge on any atom is 0.244 e. The molecule has 0 heterocycles. The predicted molar refractivity (Wildman–Crippen MR) is 39.8 cm³/mol. The van der Waals surface area contributed by atoms with Gasteiger partial charge in [0.2, 0.25) is 15.5 Å². The molecule has 12 heavy (non-hydrogen) atoms. The van der Waals surface area contributed by atoms with E-state index < -0.39 is 25.6 Å². The van der Waals surface area contributed by atoms with Gasteiger partial charge in [-0.05, 0) is 19.3 Å². The van der Waals surface area contributed by atoms with Gasteiger partial charge in [-0.2, -0.15) is 0 Å². The molecule has 0 aliphatic heterocycles. The molecule has 3 saturated carbocycles. The first-order valence-corrected chi connectivity index (χ1v) is 5.85. The third-order valence-electron chi connectivity index (χ3n) is 3.00. The van der Waals surface area contributed by atoms with Gasteiger partial charge in [-0.15, -0.1) is 0 Å². The van der Waals surface area contributed by atoms with E-state index >= 15 is 0 Å². The van der Waals surface area contributed by atoms with E-state index in [1.54, 1.807) is 0 Å². The van der Waals surface area contributed by atoms with Gasteiger partial charge in [0.25, 0.3) is 0 Å². The second kappa shape index (κ2) is 1.95. The topological polar surface area (TPSA) is 34.1 Å². The first kappa shape index (κ1) is 8.69. The maximum atomic E-state index is 12.2. The molecular weight excluding hydrogens is 210 g/mol. The second-order valence-corrected chi connectivity index (χ2v) is 6.77. The number of hydrogen-bond donors (Lipinski definition) is 0. The third-order valence-corrected chi connectivity index (χ3v) is 5.45. The summed E-state index contributed by atoms with van der Waals surface area (Å²) in [4.78, 5) is 0. The quantitative estimate of drug-likeness (QED) is 0.659. The average molecular weight is 217 g/mol. The molecule has 0 aromatic rings. The predicted octanol–water partition coefficient (Wildman–Crippen LogP) is 1.74. The van der Waals surface area contributed by atoms with Gasteiger partial charge in [0.05, 0.1) is 4.75 Å². The molecule has 3 aliphatic rings. The number of halogens is 3. The molecule has 3 aliphatic carbocycles. The Kier molecular flexibility index (Phi) is 1.41. The molecule has 2 nitrogen and oxygen atoms in total. The van der Waals surface area contributed by atoms with E-state index in [4.69, 9.17) is 10.7 Å². The van der Waals surface area contributed by atoms with Crippen LogP contribution >= 0.6 is 10.7 Å². The SMILES string of the molecule is O=S(=O)(Cl)C12CC(C(F)F)(C1)C2. The third kappa shape index (κ3) is 0.763. The minimum absolute atomic E-state index is 0.0451. The first-order valence-electron chi connectivity index (χ1n) is 3.54. The van der Waals surface area contributed by atoms with E-state index in [0.29, 0.717) is 0 Å². The molecule has 3 fully saturated rings. The van der Waals surface area contributed by atoms with Crippen molar-refractivity contribution >= 4 is 19.7 Å². The van der Waals surface area contributed by atoms with Crippen LogP contribution in [0.5, 0.6) is 0 Å². The molecule has 0 aromatic heterocycles. The van der Waals surface area contributed by atoms with Gasteiger partial charge in [-0.3, -0.25) is 0 Å². The Balaban J connectivity index is 2.15. The zero-order chi connectivity index (χ0) is 9.20. The Bertz CT molecular complexity index is 305. The van der Waals surface area contributed by atoms with Crippen LogP contribution in [0.1, 0.15) is 19.3 Å². The fraction of sp³-hybridized carbons (Fsp3) is 1.00. The van der Waals surface area contributed by atoms with Crippen molar-refractivity contribution in [3.8, 4) is 0 Å². The van der Waals surface area contributed by atoms with E-state index in [1.807, 2.05) is 0 Å². The van der Waals surface area contributed by atoms with Gasteiger partial charge in [-0.1, -0.05) is 0 Å². The first-order chi connectivity index (χ1) is 5.31. The van der Waals surface area contributed by atoms with Crippen LogP contribution in [0.3, 0.4) is 0 Å². The van der Waals surface area contributed by atoms with Crippen molar-refractivity contribution in [2.45, 2.75) is 30.4 Å². The second-order valence-electron chi connectivity index (χ2n) is 3.81. The molecular formula is C6H7ClF2O2S. The van der Waals surface area contributed by atoms with Crippen molar-refractivity contribution in [2.24, 2.45) is 5.41 Å². The Morgan fingerprint density at radius 1 is 1.25 bits per heavy atom. The van der Waals surface area contributed by atoms with Crippen molar-refractivity contribution in [3.05, 3.63) is 0 Å². The molecule has 0 N–H and O–H groups in total. The largest absolute Gasteiger partial charge is 0.244 e. The molecule has 0 aromatic carbocycles. The number of alkyl halides is 2. The molecule has 2 bridgehead atoms. The molecule has 0 atom stereocenters. The van der Waals surface area contributed by atoms with Crippen LogP contribution in [0.25, 0.3) is 0 Å². The van der Waals surface area contributed by atoms with Crippen LogP contribution in [-0.4, -0.2) is 19.6 Å². The smallest absolute Gasteiger partial charge is 0.212 e. The minimum atomic E-state index is -3.63. The molecule has 0 spiro atoms. The zero-order valence-corrected chi connectivity index (χ0v) is 7.63. The average Bonchev–Trinajstić information content (AvgIpc) is 1.46. The van der Waals surface area contributed by atoms with E-state index in [-0.39, 0.29) is 19.3 Å². The summed E-state index contributed by atoms with van der Waals surface area (Å²) in [6.07, 6.45) is -2.27. The summed E-state index contributed by atoms with van der Waals surface area (Å²) < 4.78 is 45.2. The van der Waals surface area contributed by atoms with Crippen LogP contribution in [0, 0.1) is 5.41 Å². The summed E-state index contributed by atoms with van der Waals surface area (Å²) in [6.45, 7) is 0. The summed E-state index contributed by atoms with van der Waals surface area (Å²) in [5, 5.41) is 0. The lowest BCUT2D eigenvalue weighted by Crippen LogP contribution is -2.72. The molecule has 0 unspecified atom stereocenters. The lowest BCUT2D eigenvalue weighted by Gasteiger charge is -2.67. The summed E-state index contributed by atoms with van der Waals surface area (Å²) in [5.74, 6) is 0. The van der Waals surface area contributed by atoms with Gasteiger partial charge in [0.15, 0.2) is 0 Å². The lowest BCUT2D eigenvalue weighted by atomic mass is 9.44. The van der Waals surface area contributed by atoms with E-state index in [9.17, 15) is 17.2 Å². The van der Waals surface area contributed by atoms with Gasteiger partial charge in [-0.25, -0.2) is 17.2 Å². The summed E-state index contributed by atoms with van der Waals surface area (Å²) in [5.41, 5.74) is -1.01. The highest BCUT2D eigenvalue weighted by atomic mass is 35.7. The minimum Gasteiger partial charge on any atom is -0.212 e. The normalized spacial score (nSPS) is 45.3. The van der Waals surface area contributed by atoms with Crippen LogP contribution < -0.4 is 0 Å². The van der Waals surface area contributed by atoms with Crippen LogP contribution in [-0.2, 0) is 9.05 Å². The Morgan fingerprint density at radius 2 is 1.67 bits per heavy atom. The maximum absolute atomic E-state index is 12.2. The molecule has 0 radical (unpaired) electrons. The van der Waals surface area contributed by atoms with Crippen LogP contribution in [0.15, 0.2) is 0 Å². The van der Waals surface area contributed by atoms with Gasteiger partial charge in [0, 0.05) is 16.1 Å². The summed E-state index contributed by atoms with van der Waals surface area (Å²) in [6, 6.07) is 0. The van der Waals surface area contributed by atoms with Crippen molar-refractivity contribution in [3.63, 3.8) is 0 Å². The van der Waals surface area contributed by atoms with Crippen molar-refractivity contribution in [2.75, 3.05) is 0 Å². The molecule has 0 saturated heterocycles. The Hall–Kier alpha value is 0.1000. The van der Waals surface area contributed by atoms with Gasteiger partial charge in [0.1, 0.15) is 0 Å². The van der Waals surface area contributed by atoms with Crippen molar-refractivity contribution in [1.82, 2.24) is 0 Å². The highest BCUT2D eigenvalue weighted by Gasteiger charge is 2.77. The zero-order valence-electron chi connectivity index (χ0n) is 6.06. The molecule has 6 heteroatoms. The van der Waals surface area contributed by atoms with Crippen LogP contribution in [0.4, 0.5) is 8.78 Å². The van der Waals surface area contributed by atoms with Gasteiger partial charge < -0.3 is 0 Å². The van der Waals surface area contributed by atoms with E-state index in [1.165, 1.54) is 0 Å². The monoisotopic (exact) mass is 216 g/mol. The fourth-order valence-corrected chi connectivity index (χ4v) is 4.13. The highest BCUT2D eigenvalue weighted by molar-refractivity contribution is 8.15. The van der Waals surface area contributed by atoms with E-state index in [0.717, 1.165) is 0 Å². The molecule has 3 rings (SSSR count). The standard InChI is InChI=1S/C6H7ClF2O2S/c7-12(10,11)6-1-5(2-6,3-6)4(8)9/h4H,1-3H2. The summed E-state index contributed by atoms with van der Waals surface area (Å²) in [7, 11) is 1.48. The number of hydrogen-bond acceptors (Lipinski definition) is 2. The van der Waals surface area contributed by atoms with Gasteiger partial charge >= 0.3 is 0 Å². The Morgan fingerprint density at radius 3 is 1.92 bits per heavy atom. The van der Waals surface area contributed by atoms with Crippen molar-refractivity contribution < 1.29 is 17.2 Å². The highest BCUT2D eigenvalue weighted by Crippen LogP contribution is 2.73.